The minimum atomic E-state index is -0.0979. The number of rotatable bonds is 6. The third kappa shape index (κ3) is 4.76. The first-order valence-corrected chi connectivity index (χ1v) is 10.2. The molecule has 0 unspecified atom stereocenters. The van der Waals surface area contributed by atoms with Crippen LogP contribution < -0.4 is 5.32 Å². The van der Waals surface area contributed by atoms with Crippen LogP contribution in [0.1, 0.15) is 31.0 Å². The molecule has 2 amide bonds. The minimum absolute atomic E-state index is 0.0251. The maximum absolute atomic E-state index is 12.4. The van der Waals surface area contributed by atoms with Crippen LogP contribution in [0.3, 0.4) is 0 Å². The minimum Gasteiger partial charge on any atom is -0.381 e. The Balaban J connectivity index is 1.56. The number of fused-ring (bicyclic) bond motifs is 1. The predicted molar refractivity (Wildman–Crippen MR) is 96.2 cm³/mol. The van der Waals surface area contributed by atoms with Crippen molar-refractivity contribution in [3.8, 4) is 0 Å². The summed E-state index contributed by atoms with van der Waals surface area (Å²) in [5, 5.41) is 7.41. The number of carbonyl (C=O) groups is 2. The van der Waals surface area contributed by atoms with Crippen LogP contribution in [0, 0.1) is 5.92 Å². The van der Waals surface area contributed by atoms with E-state index in [0.717, 1.165) is 31.7 Å². The molecule has 0 aliphatic carbocycles. The number of hydrogen-bond acceptors (Lipinski definition) is 5. The second kappa shape index (κ2) is 8.71. The summed E-state index contributed by atoms with van der Waals surface area (Å²) in [7, 11) is 0. The van der Waals surface area contributed by atoms with Crippen molar-refractivity contribution in [1.82, 2.24) is 20.0 Å². The Morgan fingerprint density at radius 1 is 1.40 bits per heavy atom. The summed E-state index contributed by atoms with van der Waals surface area (Å²) in [4.78, 5) is 26.5. The SMILES string of the molecule is CSCC(=O)N1Cc2ccnn2[C@H](CC(=O)NCC2CCOCC2)C1. The first kappa shape index (κ1) is 18.3. The van der Waals surface area contributed by atoms with Crippen molar-refractivity contribution < 1.29 is 14.3 Å². The van der Waals surface area contributed by atoms with Crippen molar-refractivity contribution in [2.45, 2.75) is 31.8 Å². The van der Waals surface area contributed by atoms with Crippen LogP contribution in [0.4, 0.5) is 0 Å². The Hall–Kier alpha value is -1.54. The van der Waals surface area contributed by atoms with Gasteiger partial charge < -0.3 is 15.0 Å². The van der Waals surface area contributed by atoms with Crippen molar-refractivity contribution in [1.29, 1.82) is 0 Å². The number of aromatic nitrogens is 2. The lowest BCUT2D eigenvalue weighted by Gasteiger charge is -2.33. The van der Waals surface area contributed by atoms with E-state index in [0.29, 0.717) is 37.7 Å². The highest BCUT2D eigenvalue weighted by atomic mass is 32.2. The molecule has 138 valence electrons. The second-order valence-corrected chi connectivity index (χ2v) is 7.56. The molecule has 0 saturated carbocycles. The quantitative estimate of drug-likeness (QED) is 0.815. The van der Waals surface area contributed by atoms with E-state index in [1.165, 1.54) is 11.8 Å². The zero-order chi connectivity index (χ0) is 17.6. The standard InChI is InChI=1S/C17H26N4O3S/c1-25-12-17(23)20-10-14-2-5-19-21(14)15(11-20)8-16(22)18-9-13-3-6-24-7-4-13/h2,5,13,15H,3-4,6-12H2,1H3,(H,18,22)/t15-/m1/s1. The molecular weight excluding hydrogens is 340 g/mol. The number of carbonyl (C=O) groups excluding carboxylic acids is 2. The van der Waals surface area contributed by atoms with Gasteiger partial charge in [-0.2, -0.15) is 16.9 Å². The van der Waals surface area contributed by atoms with E-state index < -0.39 is 0 Å². The number of nitrogens with zero attached hydrogens (tertiary/aromatic N) is 3. The Bertz CT molecular complexity index is 600. The van der Waals surface area contributed by atoms with Crippen molar-refractivity contribution in [2.24, 2.45) is 5.92 Å². The van der Waals surface area contributed by atoms with Crippen LogP contribution in [0.5, 0.6) is 0 Å². The Morgan fingerprint density at radius 2 is 2.20 bits per heavy atom. The molecule has 2 aliphatic heterocycles. The van der Waals surface area contributed by atoms with Crippen LogP contribution >= 0.6 is 11.8 Å². The van der Waals surface area contributed by atoms with Gasteiger partial charge in [0.15, 0.2) is 0 Å². The van der Waals surface area contributed by atoms with Crippen LogP contribution in [-0.2, 0) is 20.9 Å². The van der Waals surface area contributed by atoms with E-state index in [1.54, 1.807) is 6.20 Å². The molecule has 0 spiro atoms. The fourth-order valence-electron chi connectivity index (χ4n) is 3.44. The van der Waals surface area contributed by atoms with Crippen LogP contribution in [-0.4, -0.2) is 64.8 Å². The van der Waals surface area contributed by atoms with Crippen LogP contribution in [0.2, 0.25) is 0 Å². The fourth-order valence-corrected chi connectivity index (χ4v) is 3.87. The molecule has 0 bridgehead atoms. The Kier molecular flexibility index (Phi) is 6.36. The molecule has 1 aromatic heterocycles. The summed E-state index contributed by atoms with van der Waals surface area (Å²) in [5.74, 6) is 1.12. The van der Waals surface area contributed by atoms with Gasteiger partial charge in [-0.1, -0.05) is 0 Å². The van der Waals surface area contributed by atoms with E-state index >= 15 is 0 Å². The molecule has 1 fully saturated rings. The van der Waals surface area contributed by atoms with E-state index in [4.69, 9.17) is 4.74 Å². The van der Waals surface area contributed by atoms with E-state index in [1.807, 2.05) is 21.9 Å². The molecule has 0 aromatic carbocycles. The third-order valence-electron chi connectivity index (χ3n) is 4.85. The van der Waals surface area contributed by atoms with Gasteiger partial charge in [-0.15, -0.1) is 0 Å². The van der Waals surface area contributed by atoms with E-state index in [9.17, 15) is 9.59 Å². The Labute approximate surface area is 152 Å². The van der Waals surface area contributed by atoms with E-state index in [2.05, 4.69) is 10.4 Å². The van der Waals surface area contributed by atoms with Crippen molar-refractivity contribution in [3.05, 3.63) is 18.0 Å². The summed E-state index contributed by atoms with van der Waals surface area (Å²) in [5.41, 5.74) is 0.989. The highest BCUT2D eigenvalue weighted by Crippen LogP contribution is 2.23. The zero-order valence-electron chi connectivity index (χ0n) is 14.6. The molecule has 1 saturated heterocycles. The molecule has 1 N–H and O–H groups in total. The van der Waals surface area contributed by atoms with Gasteiger partial charge in [0, 0.05) is 32.5 Å². The largest absolute Gasteiger partial charge is 0.381 e. The zero-order valence-corrected chi connectivity index (χ0v) is 15.5. The number of ether oxygens (including phenoxy) is 1. The summed E-state index contributed by atoms with van der Waals surface area (Å²) in [6.07, 6.45) is 6.02. The second-order valence-electron chi connectivity index (χ2n) is 6.69. The summed E-state index contributed by atoms with van der Waals surface area (Å²) < 4.78 is 7.25. The first-order chi connectivity index (χ1) is 12.2. The van der Waals surface area contributed by atoms with Crippen molar-refractivity contribution in [3.63, 3.8) is 0 Å². The molecule has 0 radical (unpaired) electrons. The lowest BCUT2D eigenvalue weighted by molar-refractivity contribution is -0.131. The lowest BCUT2D eigenvalue weighted by Crippen LogP contribution is -2.44. The van der Waals surface area contributed by atoms with Crippen LogP contribution in [0.25, 0.3) is 0 Å². The highest BCUT2D eigenvalue weighted by Gasteiger charge is 2.29. The number of thioether (sulfide) groups is 1. The molecule has 7 nitrogen and oxygen atoms in total. The van der Waals surface area contributed by atoms with E-state index in [-0.39, 0.29) is 17.9 Å². The molecule has 3 rings (SSSR count). The average molecular weight is 366 g/mol. The first-order valence-electron chi connectivity index (χ1n) is 8.81. The molecule has 8 heteroatoms. The van der Waals surface area contributed by atoms with Gasteiger partial charge >= 0.3 is 0 Å². The molecule has 1 atom stereocenters. The monoisotopic (exact) mass is 366 g/mol. The van der Waals surface area contributed by atoms with Crippen molar-refractivity contribution >= 4 is 23.6 Å². The van der Waals surface area contributed by atoms with Gasteiger partial charge in [-0.3, -0.25) is 14.3 Å². The highest BCUT2D eigenvalue weighted by molar-refractivity contribution is 7.99. The summed E-state index contributed by atoms with van der Waals surface area (Å²) in [6.45, 7) is 3.38. The number of hydrogen-bond donors (Lipinski definition) is 1. The maximum atomic E-state index is 12.4. The molecular formula is C17H26N4O3S. The number of nitrogens with one attached hydrogen (secondary N) is 1. The molecule has 2 aliphatic rings. The molecule has 3 heterocycles. The third-order valence-corrected chi connectivity index (χ3v) is 5.39. The Morgan fingerprint density at radius 3 is 2.96 bits per heavy atom. The summed E-state index contributed by atoms with van der Waals surface area (Å²) in [6, 6.07) is 1.82. The van der Waals surface area contributed by atoms with Gasteiger partial charge in [-0.05, 0) is 31.1 Å². The van der Waals surface area contributed by atoms with Gasteiger partial charge in [0.2, 0.25) is 11.8 Å². The fraction of sp³-hybridized carbons (Fsp3) is 0.706. The van der Waals surface area contributed by atoms with Gasteiger partial charge in [0.05, 0.1) is 30.5 Å². The maximum Gasteiger partial charge on any atom is 0.232 e. The molecule has 1 aromatic rings. The molecule has 25 heavy (non-hydrogen) atoms. The van der Waals surface area contributed by atoms with Crippen molar-refractivity contribution in [2.75, 3.05) is 38.3 Å². The normalized spacial score (nSPS) is 21.0. The summed E-state index contributed by atoms with van der Waals surface area (Å²) >= 11 is 1.52. The predicted octanol–water partition coefficient (Wildman–Crippen LogP) is 1.06. The average Bonchev–Trinajstić information content (AvgIpc) is 3.10. The van der Waals surface area contributed by atoms with Gasteiger partial charge in [-0.25, -0.2) is 0 Å². The topological polar surface area (TPSA) is 76.5 Å². The van der Waals surface area contributed by atoms with Gasteiger partial charge in [0.25, 0.3) is 0 Å². The lowest BCUT2D eigenvalue weighted by atomic mass is 10.0. The smallest absolute Gasteiger partial charge is 0.232 e. The van der Waals surface area contributed by atoms with Gasteiger partial charge in [0.1, 0.15) is 0 Å². The number of amides is 2. The van der Waals surface area contributed by atoms with Crippen LogP contribution in [0.15, 0.2) is 12.3 Å².